The first-order valence-electron chi connectivity index (χ1n) is 5.50. The molecule has 0 aliphatic carbocycles. The van der Waals surface area contributed by atoms with Crippen LogP contribution in [0.15, 0.2) is 4.90 Å². The monoisotopic (exact) mass is 260 g/mol. The van der Waals surface area contributed by atoms with Crippen LogP contribution >= 0.6 is 0 Å². The topological polar surface area (TPSA) is 92.1 Å². The van der Waals surface area contributed by atoms with Crippen molar-refractivity contribution in [2.45, 2.75) is 38.1 Å². The Morgan fingerprint density at radius 1 is 1.47 bits per heavy atom. The molecule has 0 fully saturated rings. The van der Waals surface area contributed by atoms with Gasteiger partial charge in [0.05, 0.1) is 11.4 Å². The summed E-state index contributed by atoms with van der Waals surface area (Å²) in [6.45, 7) is 5.64. The van der Waals surface area contributed by atoms with Crippen molar-refractivity contribution < 1.29 is 8.42 Å². The number of H-pyrrole nitrogens is 1. The van der Waals surface area contributed by atoms with Gasteiger partial charge in [-0.15, -0.1) is 0 Å². The maximum absolute atomic E-state index is 12.3. The number of hydrogen-bond donors (Lipinski definition) is 2. The molecular formula is C10H20N4O2S. The first-order chi connectivity index (χ1) is 7.76. The van der Waals surface area contributed by atoms with Crippen LogP contribution in [0.3, 0.4) is 0 Å². The molecule has 0 aliphatic rings. The number of nitrogens with one attached hydrogen (secondary N) is 1. The number of rotatable bonds is 5. The van der Waals surface area contributed by atoms with Crippen LogP contribution in [0.25, 0.3) is 0 Å². The fourth-order valence-electron chi connectivity index (χ4n) is 1.58. The third-order valence-corrected chi connectivity index (χ3v) is 4.75. The van der Waals surface area contributed by atoms with E-state index >= 15 is 0 Å². The van der Waals surface area contributed by atoms with E-state index in [4.69, 9.17) is 5.73 Å². The second kappa shape index (κ2) is 5.16. The van der Waals surface area contributed by atoms with Crippen molar-refractivity contribution in [2.24, 2.45) is 5.73 Å². The first-order valence-corrected chi connectivity index (χ1v) is 6.94. The van der Waals surface area contributed by atoms with E-state index in [1.54, 1.807) is 20.9 Å². The van der Waals surface area contributed by atoms with Crippen LogP contribution < -0.4 is 5.73 Å². The molecule has 1 atom stereocenters. The zero-order valence-corrected chi connectivity index (χ0v) is 11.5. The summed E-state index contributed by atoms with van der Waals surface area (Å²) < 4.78 is 25.9. The molecule has 1 aromatic rings. The van der Waals surface area contributed by atoms with Gasteiger partial charge in [0.25, 0.3) is 0 Å². The van der Waals surface area contributed by atoms with Crippen molar-refractivity contribution >= 4 is 10.0 Å². The zero-order chi connectivity index (χ0) is 13.2. The van der Waals surface area contributed by atoms with E-state index in [0.717, 1.165) is 0 Å². The molecule has 17 heavy (non-hydrogen) atoms. The summed E-state index contributed by atoms with van der Waals surface area (Å²) in [6, 6.07) is -0.0146. The normalized spacial score (nSPS) is 14.2. The standard InChI is InChI=1S/C10H20N4O2S/c1-7(11)5-6-14(4)17(15,16)10-8(2)12-13-9(10)3/h7H,5-6,11H2,1-4H3,(H,12,13). The second-order valence-electron chi connectivity index (χ2n) is 4.36. The van der Waals surface area contributed by atoms with E-state index in [1.807, 2.05) is 6.92 Å². The molecule has 3 N–H and O–H groups in total. The molecule has 0 aromatic carbocycles. The lowest BCUT2D eigenvalue weighted by Crippen LogP contribution is -2.31. The van der Waals surface area contributed by atoms with Gasteiger partial charge in [0.15, 0.2) is 0 Å². The number of nitrogens with two attached hydrogens (primary N) is 1. The fourth-order valence-corrected chi connectivity index (χ4v) is 3.09. The molecule has 1 aromatic heterocycles. The van der Waals surface area contributed by atoms with Crippen LogP contribution in [0.5, 0.6) is 0 Å². The number of sulfonamides is 1. The smallest absolute Gasteiger partial charge is 0.246 e. The summed E-state index contributed by atoms with van der Waals surface area (Å²) in [5.74, 6) is 0. The Balaban J connectivity index is 2.96. The molecule has 98 valence electrons. The van der Waals surface area contributed by atoms with Gasteiger partial charge in [0.2, 0.25) is 10.0 Å². The second-order valence-corrected chi connectivity index (χ2v) is 6.34. The molecule has 0 aliphatic heterocycles. The predicted molar refractivity (Wildman–Crippen MR) is 66.1 cm³/mol. The van der Waals surface area contributed by atoms with Crippen LogP contribution in [0.4, 0.5) is 0 Å². The van der Waals surface area contributed by atoms with E-state index < -0.39 is 10.0 Å². The summed E-state index contributed by atoms with van der Waals surface area (Å²) in [7, 11) is -1.91. The quantitative estimate of drug-likeness (QED) is 0.800. The lowest BCUT2D eigenvalue weighted by molar-refractivity contribution is 0.446. The Morgan fingerprint density at radius 3 is 2.47 bits per heavy atom. The highest BCUT2D eigenvalue weighted by Crippen LogP contribution is 2.20. The van der Waals surface area contributed by atoms with Gasteiger partial charge in [-0.3, -0.25) is 5.10 Å². The molecule has 0 spiro atoms. The highest BCUT2D eigenvalue weighted by atomic mass is 32.2. The number of aromatic nitrogens is 2. The Kier molecular flexibility index (Phi) is 4.29. The van der Waals surface area contributed by atoms with Crippen molar-refractivity contribution in [1.82, 2.24) is 14.5 Å². The van der Waals surface area contributed by atoms with Crippen LogP contribution in [-0.2, 0) is 10.0 Å². The minimum atomic E-state index is -3.47. The minimum absolute atomic E-state index is 0.0146. The van der Waals surface area contributed by atoms with Crippen molar-refractivity contribution in [2.75, 3.05) is 13.6 Å². The SMILES string of the molecule is Cc1n[nH]c(C)c1S(=O)(=O)N(C)CCC(C)N. The molecule has 7 heteroatoms. The molecular weight excluding hydrogens is 240 g/mol. The summed E-state index contributed by atoms with van der Waals surface area (Å²) in [4.78, 5) is 0.268. The van der Waals surface area contributed by atoms with Crippen LogP contribution in [0, 0.1) is 13.8 Å². The predicted octanol–water partition coefficient (Wildman–Crippen LogP) is 0.384. The number of nitrogens with zero attached hydrogens (tertiary/aromatic N) is 2. The molecule has 0 amide bonds. The fraction of sp³-hybridized carbons (Fsp3) is 0.700. The molecule has 1 rings (SSSR count). The Hall–Kier alpha value is -0.920. The average molecular weight is 260 g/mol. The number of aryl methyl sites for hydroxylation is 2. The summed E-state index contributed by atoms with van der Waals surface area (Å²) in [5, 5.41) is 6.59. The third kappa shape index (κ3) is 3.05. The molecule has 1 heterocycles. The number of hydrogen-bond acceptors (Lipinski definition) is 4. The highest BCUT2D eigenvalue weighted by molar-refractivity contribution is 7.89. The van der Waals surface area contributed by atoms with Crippen LogP contribution in [0.2, 0.25) is 0 Å². The Bertz CT molecular complexity index is 459. The maximum Gasteiger partial charge on any atom is 0.246 e. The summed E-state index contributed by atoms with van der Waals surface area (Å²) in [6.07, 6.45) is 0.631. The van der Waals surface area contributed by atoms with E-state index in [2.05, 4.69) is 10.2 Å². The lowest BCUT2D eigenvalue weighted by Gasteiger charge is -2.18. The zero-order valence-electron chi connectivity index (χ0n) is 10.7. The Labute approximate surface area is 102 Å². The molecule has 1 unspecified atom stereocenters. The van der Waals surface area contributed by atoms with E-state index in [9.17, 15) is 8.42 Å². The van der Waals surface area contributed by atoms with Crippen LogP contribution in [-0.4, -0.2) is 42.6 Å². The van der Waals surface area contributed by atoms with Gasteiger partial charge in [0, 0.05) is 19.6 Å². The highest BCUT2D eigenvalue weighted by Gasteiger charge is 2.26. The van der Waals surface area contributed by atoms with Crippen molar-refractivity contribution in [1.29, 1.82) is 0 Å². The van der Waals surface area contributed by atoms with Gasteiger partial charge < -0.3 is 5.73 Å². The van der Waals surface area contributed by atoms with E-state index in [0.29, 0.717) is 24.4 Å². The van der Waals surface area contributed by atoms with Gasteiger partial charge in [-0.1, -0.05) is 0 Å². The van der Waals surface area contributed by atoms with E-state index in [-0.39, 0.29) is 10.9 Å². The van der Waals surface area contributed by atoms with Gasteiger partial charge in [-0.25, -0.2) is 12.7 Å². The van der Waals surface area contributed by atoms with Crippen LogP contribution in [0.1, 0.15) is 24.7 Å². The molecule has 0 radical (unpaired) electrons. The summed E-state index contributed by atoms with van der Waals surface area (Å²) >= 11 is 0. The largest absolute Gasteiger partial charge is 0.328 e. The lowest BCUT2D eigenvalue weighted by atomic mass is 10.2. The van der Waals surface area contributed by atoms with Crippen molar-refractivity contribution in [3.05, 3.63) is 11.4 Å². The van der Waals surface area contributed by atoms with Crippen molar-refractivity contribution in [3.8, 4) is 0 Å². The molecule has 0 saturated heterocycles. The maximum atomic E-state index is 12.3. The summed E-state index contributed by atoms with van der Waals surface area (Å²) in [5.41, 5.74) is 6.68. The average Bonchev–Trinajstić information content (AvgIpc) is 2.55. The molecule has 6 nitrogen and oxygen atoms in total. The third-order valence-electron chi connectivity index (χ3n) is 2.63. The minimum Gasteiger partial charge on any atom is -0.328 e. The van der Waals surface area contributed by atoms with Gasteiger partial charge in [-0.05, 0) is 27.2 Å². The van der Waals surface area contributed by atoms with Gasteiger partial charge in [0.1, 0.15) is 4.90 Å². The Morgan fingerprint density at radius 2 is 2.06 bits per heavy atom. The van der Waals surface area contributed by atoms with Gasteiger partial charge >= 0.3 is 0 Å². The molecule has 0 bridgehead atoms. The van der Waals surface area contributed by atoms with E-state index in [1.165, 1.54) is 4.31 Å². The van der Waals surface area contributed by atoms with Crippen molar-refractivity contribution in [3.63, 3.8) is 0 Å². The number of aromatic amines is 1. The molecule has 0 saturated carbocycles. The first kappa shape index (κ1) is 14.1. The van der Waals surface area contributed by atoms with Gasteiger partial charge in [-0.2, -0.15) is 5.10 Å².